The summed E-state index contributed by atoms with van der Waals surface area (Å²) in [5, 5.41) is 9.69. The molecule has 46 heavy (non-hydrogen) atoms. The number of methoxy groups -OCH3 is 1. The number of ether oxygens (including phenoxy) is 1. The van der Waals surface area contributed by atoms with E-state index in [1.165, 1.54) is 30.2 Å². The summed E-state index contributed by atoms with van der Waals surface area (Å²) in [5.74, 6) is -1.81. The number of esters is 1. The smallest absolute Gasteiger partial charge is 0.339 e. The van der Waals surface area contributed by atoms with Crippen molar-refractivity contribution < 1.29 is 23.9 Å². The number of amides is 3. The van der Waals surface area contributed by atoms with Crippen LogP contribution in [-0.2, 0) is 14.3 Å². The van der Waals surface area contributed by atoms with E-state index in [0.29, 0.717) is 21.8 Å². The Hall–Kier alpha value is -5.45. The van der Waals surface area contributed by atoms with Gasteiger partial charge in [-0.3, -0.25) is 14.4 Å². The molecule has 0 saturated heterocycles. The zero-order valence-electron chi connectivity index (χ0n) is 24.6. The highest BCUT2D eigenvalue weighted by Crippen LogP contribution is 2.37. The zero-order valence-corrected chi connectivity index (χ0v) is 26.3. The average molecular weight is 648 g/mol. The third-order valence-corrected chi connectivity index (χ3v) is 8.70. The number of thioether (sulfide) groups is 1. The third kappa shape index (κ3) is 8.38. The monoisotopic (exact) mass is 647 g/mol. The van der Waals surface area contributed by atoms with E-state index in [-0.39, 0.29) is 17.2 Å². The minimum absolute atomic E-state index is 0.0835. The van der Waals surface area contributed by atoms with Crippen molar-refractivity contribution in [1.29, 1.82) is 0 Å². The number of benzene rings is 4. The van der Waals surface area contributed by atoms with E-state index < -0.39 is 23.0 Å². The quantitative estimate of drug-likeness (QED) is 0.0782. The van der Waals surface area contributed by atoms with Crippen molar-refractivity contribution in [2.45, 2.75) is 10.1 Å². The fourth-order valence-corrected chi connectivity index (χ4v) is 6.16. The molecular formula is C36H29N3O5S2. The van der Waals surface area contributed by atoms with Gasteiger partial charge in [0.1, 0.15) is 10.9 Å². The summed E-state index contributed by atoms with van der Waals surface area (Å²) < 4.78 is 4.88. The summed E-state index contributed by atoms with van der Waals surface area (Å²) in [5.41, 5.74) is 2.31. The van der Waals surface area contributed by atoms with Gasteiger partial charge in [0.05, 0.1) is 18.4 Å². The maximum absolute atomic E-state index is 13.7. The molecule has 0 saturated carbocycles. The van der Waals surface area contributed by atoms with Crippen LogP contribution in [0.15, 0.2) is 137 Å². The Bertz CT molecular complexity index is 1860. The molecule has 0 aliphatic carbocycles. The molecule has 0 spiro atoms. The highest BCUT2D eigenvalue weighted by Gasteiger charge is 2.24. The molecule has 3 N–H and O–H groups in total. The Labute approximate surface area is 274 Å². The molecule has 0 fully saturated rings. The van der Waals surface area contributed by atoms with Crippen molar-refractivity contribution in [3.8, 4) is 0 Å². The highest BCUT2D eigenvalue weighted by molar-refractivity contribution is 8.00. The largest absolute Gasteiger partial charge is 0.465 e. The topological polar surface area (TPSA) is 114 Å². The van der Waals surface area contributed by atoms with Crippen LogP contribution in [0.2, 0.25) is 0 Å². The summed E-state index contributed by atoms with van der Waals surface area (Å²) in [6, 6.07) is 35.4. The Morgan fingerprint density at radius 2 is 1.50 bits per heavy atom. The van der Waals surface area contributed by atoms with E-state index in [1.807, 2.05) is 60.0 Å². The minimum atomic E-state index is -0.697. The average Bonchev–Trinajstić information content (AvgIpc) is 3.61. The minimum Gasteiger partial charge on any atom is -0.465 e. The van der Waals surface area contributed by atoms with Gasteiger partial charge in [-0.15, -0.1) is 23.1 Å². The SMILES string of the molecule is COC(=O)c1ccccc1NC(=O)C(Sc1cccc(NC(=O)/C(=C\c2cccs2)NC(=O)c2ccccc2)c1)c1ccccc1. The van der Waals surface area contributed by atoms with Crippen LogP contribution in [0.3, 0.4) is 0 Å². The van der Waals surface area contributed by atoms with Crippen LogP contribution < -0.4 is 16.0 Å². The van der Waals surface area contributed by atoms with Crippen molar-refractivity contribution >= 4 is 64.2 Å². The van der Waals surface area contributed by atoms with Gasteiger partial charge in [-0.25, -0.2) is 4.79 Å². The molecule has 1 aromatic heterocycles. The van der Waals surface area contributed by atoms with Gasteiger partial charge in [0.15, 0.2) is 0 Å². The van der Waals surface area contributed by atoms with E-state index in [2.05, 4.69) is 16.0 Å². The molecule has 1 atom stereocenters. The Morgan fingerprint density at radius 1 is 0.783 bits per heavy atom. The molecule has 5 aromatic rings. The summed E-state index contributed by atoms with van der Waals surface area (Å²) in [4.78, 5) is 53.9. The number of rotatable bonds is 11. The first-order valence-corrected chi connectivity index (χ1v) is 15.9. The van der Waals surface area contributed by atoms with Crippen LogP contribution in [0.4, 0.5) is 11.4 Å². The van der Waals surface area contributed by atoms with Crippen LogP contribution >= 0.6 is 23.1 Å². The second kappa shape index (κ2) is 15.5. The lowest BCUT2D eigenvalue weighted by Gasteiger charge is -2.19. The molecule has 5 rings (SSSR count). The van der Waals surface area contributed by atoms with Crippen molar-refractivity contribution in [3.05, 3.63) is 154 Å². The summed E-state index contributed by atoms with van der Waals surface area (Å²) >= 11 is 2.73. The maximum Gasteiger partial charge on any atom is 0.339 e. The molecule has 10 heteroatoms. The van der Waals surface area contributed by atoms with Gasteiger partial charge in [-0.2, -0.15) is 0 Å². The van der Waals surface area contributed by atoms with Crippen LogP contribution in [0.5, 0.6) is 0 Å². The van der Waals surface area contributed by atoms with E-state index in [4.69, 9.17) is 4.74 Å². The first-order chi connectivity index (χ1) is 22.4. The van der Waals surface area contributed by atoms with E-state index in [1.54, 1.807) is 72.8 Å². The molecule has 1 unspecified atom stereocenters. The molecule has 230 valence electrons. The maximum atomic E-state index is 13.7. The lowest BCUT2D eigenvalue weighted by atomic mass is 10.1. The first kappa shape index (κ1) is 32.0. The molecule has 4 aromatic carbocycles. The molecule has 8 nitrogen and oxygen atoms in total. The molecular weight excluding hydrogens is 619 g/mol. The van der Waals surface area contributed by atoms with Gasteiger partial charge in [0.25, 0.3) is 11.8 Å². The third-order valence-electron chi connectivity index (χ3n) is 6.64. The summed E-state index contributed by atoms with van der Waals surface area (Å²) in [6.45, 7) is 0. The van der Waals surface area contributed by atoms with E-state index in [9.17, 15) is 19.2 Å². The number of nitrogens with one attached hydrogen (secondary N) is 3. The number of anilines is 2. The summed E-state index contributed by atoms with van der Waals surface area (Å²) in [7, 11) is 1.29. The van der Waals surface area contributed by atoms with Gasteiger partial charge >= 0.3 is 5.97 Å². The molecule has 1 heterocycles. The van der Waals surface area contributed by atoms with Crippen molar-refractivity contribution in [1.82, 2.24) is 5.32 Å². The molecule has 3 amide bonds. The Morgan fingerprint density at radius 3 is 2.22 bits per heavy atom. The second-order valence-electron chi connectivity index (χ2n) is 9.81. The summed E-state index contributed by atoms with van der Waals surface area (Å²) in [6.07, 6.45) is 1.63. The van der Waals surface area contributed by atoms with Crippen molar-refractivity contribution in [2.75, 3.05) is 17.7 Å². The molecule has 0 aliphatic rings. The first-order valence-electron chi connectivity index (χ1n) is 14.1. The molecule has 0 bridgehead atoms. The van der Waals surface area contributed by atoms with Gasteiger partial charge < -0.3 is 20.7 Å². The van der Waals surface area contributed by atoms with Crippen LogP contribution in [0.25, 0.3) is 6.08 Å². The second-order valence-corrected chi connectivity index (χ2v) is 12.0. The fraction of sp³-hybridized carbons (Fsp3) is 0.0556. The van der Waals surface area contributed by atoms with Gasteiger partial charge in [-0.05, 0) is 65.6 Å². The normalized spacial score (nSPS) is 11.6. The van der Waals surface area contributed by atoms with E-state index >= 15 is 0 Å². The van der Waals surface area contributed by atoms with Crippen LogP contribution in [-0.4, -0.2) is 30.8 Å². The lowest BCUT2D eigenvalue weighted by Crippen LogP contribution is -2.30. The van der Waals surface area contributed by atoms with Gasteiger partial charge in [0, 0.05) is 21.0 Å². The number of carbonyl (C=O) groups is 4. The number of hydrogen-bond acceptors (Lipinski definition) is 7. The van der Waals surface area contributed by atoms with Gasteiger partial charge in [0.2, 0.25) is 5.91 Å². The molecule has 0 aliphatic heterocycles. The van der Waals surface area contributed by atoms with Gasteiger partial charge in [-0.1, -0.05) is 72.8 Å². The van der Waals surface area contributed by atoms with E-state index in [0.717, 1.165) is 10.4 Å². The number of carbonyl (C=O) groups excluding carboxylic acids is 4. The lowest BCUT2D eigenvalue weighted by molar-refractivity contribution is -0.116. The van der Waals surface area contributed by atoms with Crippen LogP contribution in [0, 0.1) is 0 Å². The predicted molar refractivity (Wildman–Crippen MR) is 183 cm³/mol. The zero-order chi connectivity index (χ0) is 32.3. The Balaban J connectivity index is 1.37. The fourth-order valence-electron chi connectivity index (χ4n) is 4.42. The Kier molecular flexibility index (Phi) is 10.8. The molecule has 0 radical (unpaired) electrons. The van der Waals surface area contributed by atoms with Crippen molar-refractivity contribution in [2.24, 2.45) is 0 Å². The number of thiophene rings is 1. The van der Waals surface area contributed by atoms with Crippen molar-refractivity contribution in [3.63, 3.8) is 0 Å². The standard InChI is InChI=1S/C36H29N3O5S2/c1-44-36(43)29-19-8-9-20-30(29)38-35(42)32(24-12-4-2-5-13-24)46-28-17-10-16-26(22-28)37-34(41)31(23-27-18-11-21-45-27)39-33(40)25-14-6-3-7-15-25/h2-23,32H,1H3,(H,37,41)(H,38,42)(H,39,40)/b31-23+. The number of para-hydroxylation sites is 1. The number of hydrogen-bond donors (Lipinski definition) is 3. The van der Waals surface area contributed by atoms with Crippen LogP contribution in [0.1, 0.15) is 36.4 Å². The predicted octanol–water partition coefficient (Wildman–Crippen LogP) is 7.42. The highest BCUT2D eigenvalue weighted by atomic mass is 32.2.